The van der Waals surface area contributed by atoms with Crippen molar-refractivity contribution in [1.29, 1.82) is 0 Å². The van der Waals surface area contributed by atoms with E-state index in [2.05, 4.69) is 140 Å². The summed E-state index contributed by atoms with van der Waals surface area (Å²) < 4.78 is 42.4. The molecule has 4 rings (SSSR count). The molecule has 0 aromatic rings. The Kier molecular flexibility index (Phi) is 59.1. The Morgan fingerprint density at radius 2 is 0.636 bits per heavy atom. The molecule has 4 fully saturated rings. The van der Waals surface area contributed by atoms with Crippen LogP contribution < -0.4 is 0 Å². The maximum atomic E-state index is 12.6. The smallest absolute Gasteiger partial charge is 0.306 e. The van der Waals surface area contributed by atoms with Gasteiger partial charge in [0.2, 0.25) is 24.9 Å². The van der Waals surface area contributed by atoms with E-state index in [9.17, 15) is 28.8 Å². The van der Waals surface area contributed by atoms with Crippen LogP contribution in [0.25, 0.3) is 9.69 Å². The number of amides is 2. The van der Waals surface area contributed by atoms with Crippen LogP contribution in [0.3, 0.4) is 0 Å². The molecule has 2 unspecified atom stereocenters. The van der Waals surface area contributed by atoms with E-state index in [4.69, 9.17) is 40.7 Å². The zero-order chi connectivity index (χ0) is 82.2. The van der Waals surface area contributed by atoms with E-state index < -0.39 is 22.7 Å². The minimum absolute atomic E-state index is 0.00461. The Balaban J connectivity index is 0.000000737. The summed E-state index contributed by atoms with van der Waals surface area (Å²) in [6.45, 7) is 63.4. The molecule has 0 aliphatic carbocycles. The monoisotopic (exact) mass is 1590 g/mol. The number of Topliss-reactive ketones (excluding diaryl/α,β-unsaturated/α-hetero) is 2. The van der Waals surface area contributed by atoms with Crippen molar-refractivity contribution in [3.05, 3.63) is 22.8 Å². The predicted octanol–water partition coefficient (Wildman–Crippen LogP) is 21.8. The summed E-state index contributed by atoms with van der Waals surface area (Å²) in [4.78, 5) is 87.2. The first-order chi connectivity index (χ1) is 52.6. The number of unbranched alkanes of at least 4 members (excludes halogenated alkanes) is 14. The molecule has 4 aliphatic heterocycles. The van der Waals surface area contributed by atoms with Gasteiger partial charge in [-0.25, -0.2) is 22.5 Å². The lowest BCUT2D eigenvalue weighted by molar-refractivity contribution is -0.168. The van der Waals surface area contributed by atoms with Gasteiger partial charge in [-0.05, 0) is 172 Å². The number of hydrogen-bond donors (Lipinski definition) is 0. The van der Waals surface area contributed by atoms with Crippen LogP contribution in [0.1, 0.15) is 381 Å². The molecule has 4 saturated heterocycles. The topological polar surface area (TPSA) is 186 Å². The van der Waals surface area contributed by atoms with Gasteiger partial charge in [0.25, 0.3) is 17.1 Å². The van der Waals surface area contributed by atoms with E-state index in [1.165, 1.54) is 117 Å². The SMILES string of the molecule is CCCCCCC(=O)N1CCC(CCC)(OC(=O)CCC(C)=O)CC1.CCCCCCCN1CCC(CCC)(OC(=O)CCC(C)=O)CC1.[C-]#[N+]CCOP(OC1(CCC)CCN(C(=O)CCCCCC)CC1)N(C(C)C)C(C)C.[C-]#[N+]CCOP(OC1(CCC)CCN(CCCCCCC)CC1)N(C(C)C)C(C)C. The summed E-state index contributed by atoms with van der Waals surface area (Å²) in [5.41, 5.74) is -1.08. The van der Waals surface area contributed by atoms with Gasteiger partial charge in [0.1, 0.15) is 36.0 Å². The number of piperidine rings is 4. The summed E-state index contributed by atoms with van der Waals surface area (Å²) in [5.74, 6) is 0.0842. The first-order valence-corrected chi connectivity index (χ1v) is 46.8. The van der Waals surface area contributed by atoms with E-state index in [-0.39, 0.29) is 65.5 Å². The third-order valence-corrected chi connectivity index (χ3v) is 26.4. The van der Waals surface area contributed by atoms with Crippen molar-refractivity contribution in [2.75, 3.05) is 91.8 Å². The third-order valence-electron chi connectivity index (χ3n) is 21.9. The highest BCUT2D eigenvalue weighted by atomic mass is 31.2. The Hall–Kier alpha value is -3.26. The molecule has 0 aromatic carbocycles. The lowest BCUT2D eigenvalue weighted by Crippen LogP contribution is -2.48. The second kappa shape index (κ2) is 62.0. The van der Waals surface area contributed by atoms with Crippen LogP contribution in [0.15, 0.2) is 0 Å². The number of carbonyl (C=O) groups excluding carboxylic acids is 6. The average Bonchev–Trinajstić information content (AvgIpc) is 0.820. The Morgan fingerprint density at radius 1 is 0.364 bits per heavy atom. The second-order valence-corrected chi connectivity index (χ2v) is 36.0. The molecular weight excluding hydrogens is 1420 g/mol. The van der Waals surface area contributed by atoms with Crippen molar-refractivity contribution in [3.8, 4) is 0 Å². The molecule has 4 aliphatic rings. The molecule has 2 amide bonds. The molecule has 640 valence electrons. The molecule has 0 bridgehead atoms. The first kappa shape index (κ1) is 105. The van der Waals surface area contributed by atoms with Crippen LogP contribution in [-0.2, 0) is 56.3 Å². The lowest BCUT2D eigenvalue weighted by Gasteiger charge is -2.46. The average molecular weight is 1590 g/mol. The van der Waals surface area contributed by atoms with Gasteiger partial charge in [-0.2, -0.15) is 0 Å². The summed E-state index contributed by atoms with van der Waals surface area (Å²) in [6, 6.07) is 1.29. The van der Waals surface area contributed by atoms with Crippen LogP contribution in [0.5, 0.6) is 0 Å². The summed E-state index contributed by atoms with van der Waals surface area (Å²) in [6.07, 6.45) is 39.6. The van der Waals surface area contributed by atoms with E-state index in [1.54, 1.807) is 0 Å². The van der Waals surface area contributed by atoms with Gasteiger partial charge >= 0.3 is 11.9 Å². The molecule has 20 nitrogen and oxygen atoms in total. The Labute approximate surface area is 676 Å². The fourth-order valence-corrected chi connectivity index (χ4v) is 19.5. The van der Waals surface area contributed by atoms with Crippen molar-refractivity contribution in [3.63, 3.8) is 0 Å². The van der Waals surface area contributed by atoms with E-state index >= 15 is 0 Å². The number of ketones is 2. The largest absolute Gasteiger partial charge is 0.459 e. The van der Waals surface area contributed by atoms with Crippen molar-refractivity contribution >= 4 is 52.4 Å². The molecule has 110 heavy (non-hydrogen) atoms. The molecule has 0 spiro atoms. The van der Waals surface area contributed by atoms with Crippen LogP contribution in [0.2, 0.25) is 0 Å². The van der Waals surface area contributed by atoms with Gasteiger partial charge < -0.3 is 66.4 Å². The van der Waals surface area contributed by atoms with Crippen molar-refractivity contribution in [1.82, 2.24) is 28.9 Å². The van der Waals surface area contributed by atoms with Crippen LogP contribution >= 0.6 is 17.1 Å². The second-order valence-electron chi connectivity index (χ2n) is 33.2. The number of carbonyl (C=O) groups is 6. The molecule has 22 heteroatoms. The zero-order valence-electron chi connectivity index (χ0n) is 73.9. The fourth-order valence-electron chi connectivity index (χ4n) is 15.7. The predicted molar refractivity (Wildman–Crippen MR) is 456 cm³/mol. The number of nitrogens with zero attached hydrogens (tertiary/aromatic N) is 8. The molecule has 0 radical (unpaired) electrons. The quantitative estimate of drug-likeness (QED) is 0.0242. The van der Waals surface area contributed by atoms with E-state index in [0.717, 1.165) is 155 Å². The Morgan fingerprint density at radius 3 is 0.918 bits per heavy atom. The number of ether oxygens (including phenoxy) is 2. The van der Waals surface area contributed by atoms with Crippen LogP contribution in [0.4, 0.5) is 0 Å². The highest BCUT2D eigenvalue weighted by molar-refractivity contribution is 7.45. The van der Waals surface area contributed by atoms with E-state index in [1.807, 2.05) is 9.80 Å². The third kappa shape index (κ3) is 44.7. The zero-order valence-corrected chi connectivity index (χ0v) is 75.7. The molecular formula is C88H166N8O12P2. The van der Waals surface area contributed by atoms with Crippen LogP contribution in [-0.4, -0.2) is 203 Å². The molecule has 0 N–H and O–H groups in total. The van der Waals surface area contributed by atoms with Gasteiger partial charge in [0, 0.05) is 115 Å². The highest BCUT2D eigenvalue weighted by Gasteiger charge is 2.44. The van der Waals surface area contributed by atoms with E-state index in [0.29, 0.717) is 102 Å². The number of esters is 2. The summed E-state index contributed by atoms with van der Waals surface area (Å²) in [5, 5.41) is 0. The molecule has 0 aromatic heterocycles. The maximum absolute atomic E-state index is 12.6. The maximum Gasteiger partial charge on any atom is 0.306 e. The van der Waals surface area contributed by atoms with Gasteiger partial charge in [-0.3, -0.25) is 19.2 Å². The van der Waals surface area contributed by atoms with Gasteiger partial charge in [0.05, 0.1) is 24.0 Å². The lowest BCUT2D eigenvalue weighted by atomic mass is 9.86. The minimum Gasteiger partial charge on any atom is -0.459 e. The number of hydrogen-bond acceptors (Lipinski definition) is 16. The minimum atomic E-state index is -1.25. The standard InChI is InChI=1S/C24H46N3O3P.C24H48N3O2P.C20H35NO4.C20H37NO3/c1-8-10-11-12-13-23(28)26-18-15-24(14-9-2,16-19-26)30-31(29-20-17-25-7)27(21(3)4)22(5)6;1-8-10-11-12-13-18-26-19-15-24(14-9-2,16-20-26)29-30(28-21-17-25-7)27(22(3)4)23(5)6;1-4-6-7-8-9-18(23)21-15-13-20(12-5-2,14-16-21)25-19(24)11-10-17(3)22;1-4-6-7-8-9-15-21-16-13-20(12-5-2,14-17-21)24-19(23)11-10-18(3)22/h21-22H,8-20H2,1-6H3;22-23H,8-21H2,1-6H3;4-16H2,1-3H3;4-17H2,1-3H3. The van der Waals surface area contributed by atoms with Gasteiger partial charge in [-0.1, -0.05) is 171 Å². The molecule has 0 saturated carbocycles. The van der Waals surface area contributed by atoms with Crippen molar-refractivity contribution < 1.29 is 56.3 Å². The number of rotatable bonds is 54. The summed E-state index contributed by atoms with van der Waals surface area (Å²) in [7, 11) is -2.41. The van der Waals surface area contributed by atoms with Crippen LogP contribution in [0, 0.1) is 13.1 Å². The van der Waals surface area contributed by atoms with Gasteiger partial charge in [-0.15, -0.1) is 0 Å². The molecule has 2 atom stereocenters. The molecule has 4 heterocycles. The number of likely N-dealkylation sites (tertiary alicyclic amines) is 4. The van der Waals surface area contributed by atoms with Gasteiger partial charge in [0.15, 0.2) is 0 Å². The van der Waals surface area contributed by atoms with Crippen molar-refractivity contribution in [2.45, 2.75) is 428 Å². The fraction of sp³-hybridized carbons (Fsp3) is 0.909. The normalized spacial score (nSPS) is 17.5. The first-order valence-electron chi connectivity index (χ1n) is 44.5. The Bertz CT molecular complexity index is 2490. The highest BCUT2D eigenvalue weighted by Crippen LogP contribution is 2.54. The van der Waals surface area contributed by atoms with Crippen molar-refractivity contribution in [2.24, 2.45) is 0 Å². The summed E-state index contributed by atoms with van der Waals surface area (Å²) >= 11 is 0.